The lowest BCUT2D eigenvalue weighted by Gasteiger charge is -2.44. The van der Waals surface area contributed by atoms with Crippen LogP contribution in [0.25, 0.3) is 0 Å². The standard InChI is InChI=1S/C21H20N4O3S/c1-13-8-10-24(11-9-13)19-18(14-2-6-16(7-3-14)25(27)28)17(12-22)20(29)23-21(19,26)15-4-5-15/h2-3,6-11,15,17-19,26H,4-5H2,1H3/p+1/t17-,18-,19-,21+/m1/s1. The molecular weight excluding hydrogens is 388 g/mol. The summed E-state index contributed by atoms with van der Waals surface area (Å²) in [5.74, 6) is -1.09. The summed E-state index contributed by atoms with van der Waals surface area (Å²) in [7, 11) is 0. The molecule has 1 aliphatic carbocycles. The average Bonchev–Trinajstić information content (AvgIpc) is 3.54. The van der Waals surface area contributed by atoms with E-state index in [0.29, 0.717) is 4.99 Å². The molecule has 1 aliphatic heterocycles. The third-order valence-electron chi connectivity index (χ3n) is 5.92. The maximum absolute atomic E-state index is 11.7. The van der Waals surface area contributed by atoms with Gasteiger partial charge in [0.25, 0.3) is 5.69 Å². The molecule has 0 spiro atoms. The van der Waals surface area contributed by atoms with Crippen LogP contribution in [0.15, 0.2) is 48.8 Å². The van der Waals surface area contributed by atoms with E-state index in [4.69, 9.17) is 12.2 Å². The molecule has 2 aliphatic rings. The number of thiocarbonyl (C=S) groups is 1. The quantitative estimate of drug-likeness (QED) is 0.348. The fourth-order valence-electron chi connectivity index (χ4n) is 4.28. The molecule has 0 radical (unpaired) electrons. The van der Waals surface area contributed by atoms with Crippen LogP contribution in [0, 0.1) is 40.2 Å². The van der Waals surface area contributed by atoms with Crippen molar-refractivity contribution in [2.75, 3.05) is 0 Å². The molecule has 148 valence electrons. The minimum Gasteiger partial charge on any atom is -0.365 e. The first kappa shape index (κ1) is 19.4. The number of hydrogen-bond acceptors (Lipinski definition) is 5. The summed E-state index contributed by atoms with van der Waals surface area (Å²) in [5.41, 5.74) is 0.509. The number of pyridine rings is 1. The van der Waals surface area contributed by atoms with Crippen molar-refractivity contribution < 1.29 is 14.6 Å². The van der Waals surface area contributed by atoms with E-state index >= 15 is 0 Å². The van der Waals surface area contributed by atoms with Crippen molar-refractivity contribution in [1.29, 1.82) is 5.26 Å². The molecule has 2 N–H and O–H groups in total. The molecule has 2 fully saturated rings. The van der Waals surface area contributed by atoms with Gasteiger partial charge in [-0.15, -0.1) is 0 Å². The van der Waals surface area contributed by atoms with Crippen molar-refractivity contribution >= 4 is 22.9 Å². The molecule has 0 amide bonds. The van der Waals surface area contributed by atoms with Gasteiger partial charge in [0.15, 0.2) is 12.4 Å². The summed E-state index contributed by atoms with van der Waals surface area (Å²) in [6.07, 6.45) is 5.55. The van der Waals surface area contributed by atoms with Crippen LogP contribution in [0.5, 0.6) is 0 Å². The van der Waals surface area contributed by atoms with E-state index in [9.17, 15) is 20.5 Å². The Morgan fingerprint density at radius 2 is 1.90 bits per heavy atom. The molecular formula is C21H21N4O3S+. The number of hydrogen-bond donors (Lipinski definition) is 2. The Balaban J connectivity index is 1.88. The van der Waals surface area contributed by atoms with Gasteiger partial charge in [-0.1, -0.05) is 24.4 Å². The third-order valence-corrected chi connectivity index (χ3v) is 6.28. The van der Waals surface area contributed by atoms with Crippen LogP contribution in [0.1, 0.15) is 35.9 Å². The summed E-state index contributed by atoms with van der Waals surface area (Å²) in [4.78, 5) is 10.9. The van der Waals surface area contributed by atoms with Gasteiger partial charge in [-0.25, -0.2) is 0 Å². The van der Waals surface area contributed by atoms with E-state index < -0.39 is 28.5 Å². The molecule has 0 bridgehead atoms. The van der Waals surface area contributed by atoms with Crippen molar-refractivity contribution in [1.82, 2.24) is 5.32 Å². The van der Waals surface area contributed by atoms with Gasteiger partial charge < -0.3 is 10.4 Å². The topological polar surface area (TPSA) is 103 Å². The first-order valence-corrected chi connectivity index (χ1v) is 9.91. The summed E-state index contributed by atoms with van der Waals surface area (Å²) >= 11 is 5.48. The highest BCUT2D eigenvalue weighted by molar-refractivity contribution is 7.80. The first-order chi connectivity index (χ1) is 13.8. The van der Waals surface area contributed by atoms with Gasteiger partial charge in [-0.3, -0.25) is 10.1 Å². The van der Waals surface area contributed by atoms with Crippen molar-refractivity contribution in [3.8, 4) is 6.07 Å². The van der Waals surface area contributed by atoms with Gasteiger partial charge in [-0.05, 0) is 30.9 Å². The van der Waals surface area contributed by atoms with Crippen molar-refractivity contribution in [3.05, 3.63) is 70.0 Å². The molecule has 1 aromatic carbocycles. The van der Waals surface area contributed by atoms with E-state index in [2.05, 4.69) is 11.4 Å². The summed E-state index contributed by atoms with van der Waals surface area (Å²) in [6.45, 7) is 1.98. The molecule has 1 saturated carbocycles. The molecule has 29 heavy (non-hydrogen) atoms. The molecule has 7 nitrogen and oxygen atoms in total. The van der Waals surface area contributed by atoms with Gasteiger partial charge in [0.1, 0.15) is 5.92 Å². The van der Waals surface area contributed by atoms with Gasteiger partial charge in [-0.2, -0.15) is 9.83 Å². The van der Waals surface area contributed by atoms with Gasteiger partial charge in [0.2, 0.25) is 11.8 Å². The van der Waals surface area contributed by atoms with E-state index in [1.165, 1.54) is 12.1 Å². The number of non-ortho nitro benzene ring substituents is 1. The van der Waals surface area contributed by atoms with Crippen molar-refractivity contribution in [2.45, 2.75) is 37.5 Å². The average molecular weight is 409 g/mol. The number of nitrogens with zero attached hydrogens (tertiary/aromatic N) is 3. The molecule has 2 heterocycles. The predicted molar refractivity (Wildman–Crippen MR) is 109 cm³/mol. The predicted octanol–water partition coefficient (Wildman–Crippen LogP) is 2.68. The summed E-state index contributed by atoms with van der Waals surface area (Å²) in [5, 5.41) is 35.7. The van der Waals surface area contributed by atoms with Crippen molar-refractivity contribution in [3.63, 3.8) is 0 Å². The molecule has 8 heteroatoms. The highest BCUT2D eigenvalue weighted by Crippen LogP contribution is 2.51. The number of nitriles is 1. The Bertz CT molecular complexity index is 998. The molecule has 4 rings (SSSR count). The second-order valence-corrected chi connectivity index (χ2v) is 8.28. The fourth-order valence-corrected chi connectivity index (χ4v) is 4.64. The van der Waals surface area contributed by atoms with E-state index in [-0.39, 0.29) is 11.6 Å². The maximum Gasteiger partial charge on any atom is 0.269 e. The monoisotopic (exact) mass is 409 g/mol. The lowest BCUT2D eigenvalue weighted by atomic mass is 9.72. The first-order valence-electron chi connectivity index (χ1n) is 9.51. The lowest BCUT2D eigenvalue weighted by Crippen LogP contribution is -2.69. The number of nitro benzene ring substituents is 1. The van der Waals surface area contributed by atoms with Gasteiger partial charge in [0, 0.05) is 30.2 Å². The van der Waals surface area contributed by atoms with E-state index in [1.54, 1.807) is 12.1 Å². The lowest BCUT2D eigenvalue weighted by molar-refractivity contribution is -0.744. The maximum atomic E-state index is 11.7. The minimum absolute atomic E-state index is 0.0178. The number of benzene rings is 1. The van der Waals surface area contributed by atoms with Crippen LogP contribution in [-0.4, -0.2) is 20.7 Å². The molecule has 0 unspecified atom stereocenters. The number of piperidine rings is 1. The van der Waals surface area contributed by atoms with E-state index in [1.807, 2.05) is 36.0 Å². The number of rotatable bonds is 4. The Labute approximate surface area is 173 Å². The normalized spacial score (nSPS) is 29.0. The number of aryl methyl sites for hydroxylation is 1. The minimum atomic E-state index is -1.29. The Hall–Kier alpha value is -2.89. The third kappa shape index (κ3) is 3.37. The second-order valence-electron chi connectivity index (χ2n) is 7.84. The van der Waals surface area contributed by atoms with Crippen LogP contribution >= 0.6 is 12.2 Å². The smallest absolute Gasteiger partial charge is 0.269 e. The number of nitrogens with one attached hydrogen (secondary N) is 1. The molecule has 2 aromatic rings. The largest absolute Gasteiger partial charge is 0.365 e. The zero-order valence-corrected chi connectivity index (χ0v) is 16.7. The SMILES string of the molecule is Cc1cc[n+]([C@@H]2[C@H](c3ccc([N+](=O)[O-])cc3)[C@@H](C#N)C(=S)N[C@]2(O)C2CC2)cc1. The number of aromatic nitrogens is 1. The fraction of sp³-hybridized carbons (Fsp3) is 0.381. The van der Waals surface area contributed by atoms with Crippen LogP contribution in [0.2, 0.25) is 0 Å². The molecule has 1 saturated heterocycles. The van der Waals surface area contributed by atoms with Crippen LogP contribution in [0.3, 0.4) is 0 Å². The van der Waals surface area contributed by atoms with Crippen LogP contribution in [0.4, 0.5) is 5.69 Å². The highest BCUT2D eigenvalue weighted by Gasteiger charge is 2.62. The van der Waals surface area contributed by atoms with E-state index in [0.717, 1.165) is 24.0 Å². The Morgan fingerprint density at radius 3 is 2.41 bits per heavy atom. The van der Waals surface area contributed by atoms with Crippen LogP contribution < -0.4 is 9.88 Å². The second kappa shape index (κ2) is 7.17. The zero-order chi connectivity index (χ0) is 20.8. The zero-order valence-electron chi connectivity index (χ0n) is 15.9. The highest BCUT2D eigenvalue weighted by atomic mass is 32.1. The Kier molecular flexibility index (Phi) is 4.81. The Morgan fingerprint density at radius 1 is 1.28 bits per heavy atom. The summed E-state index contributed by atoms with van der Waals surface area (Å²) < 4.78 is 1.93. The van der Waals surface area contributed by atoms with Crippen LogP contribution in [-0.2, 0) is 0 Å². The van der Waals surface area contributed by atoms with Gasteiger partial charge in [0.05, 0.1) is 21.9 Å². The molecule has 1 aromatic heterocycles. The van der Waals surface area contributed by atoms with Crippen molar-refractivity contribution in [2.24, 2.45) is 11.8 Å². The molecule has 4 atom stereocenters. The summed E-state index contributed by atoms with van der Waals surface area (Å²) in [6, 6.07) is 11.9. The number of aliphatic hydroxyl groups is 1. The number of nitro groups is 1. The van der Waals surface area contributed by atoms with Gasteiger partial charge >= 0.3 is 0 Å².